The van der Waals surface area contributed by atoms with Gasteiger partial charge in [0.15, 0.2) is 0 Å². The van der Waals surface area contributed by atoms with Crippen LogP contribution < -0.4 is 16.2 Å². The van der Waals surface area contributed by atoms with Gasteiger partial charge in [-0.1, -0.05) is 6.07 Å². The van der Waals surface area contributed by atoms with E-state index in [9.17, 15) is 8.42 Å². The fraction of sp³-hybridized carbons (Fsp3) is 0.0769. The summed E-state index contributed by atoms with van der Waals surface area (Å²) in [5.41, 5.74) is 11.8. The molecule has 0 aliphatic carbocycles. The Labute approximate surface area is 117 Å². The third-order valence-corrected chi connectivity index (χ3v) is 3.12. The van der Waals surface area contributed by atoms with Gasteiger partial charge >= 0.3 is 0 Å². The van der Waals surface area contributed by atoms with E-state index in [0.29, 0.717) is 5.69 Å². The van der Waals surface area contributed by atoms with Crippen molar-refractivity contribution in [3.8, 4) is 5.75 Å². The van der Waals surface area contributed by atoms with Crippen LogP contribution in [0.15, 0.2) is 53.4 Å². The standard InChI is InChI=1S/C7H9NO.C6H7NO3S/c1-9-7-4-2-6(8)3-5-7;7-5-2-1-3-6(4-5)11(8,9)10/h2-5H,8H2,1H3;1-4H,7H2,(H,8,9,10). The van der Waals surface area contributed by atoms with Gasteiger partial charge in [0.2, 0.25) is 0 Å². The van der Waals surface area contributed by atoms with Crippen LogP contribution in [0.3, 0.4) is 0 Å². The molecule has 0 unspecified atom stereocenters. The number of anilines is 2. The van der Waals surface area contributed by atoms with E-state index in [-0.39, 0.29) is 4.90 Å². The summed E-state index contributed by atoms with van der Waals surface area (Å²) >= 11 is 0. The lowest BCUT2D eigenvalue weighted by molar-refractivity contribution is 0.415. The molecular formula is C13H16N2O4S. The van der Waals surface area contributed by atoms with Gasteiger partial charge in [0, 0.05) is 11.4 Å². The van der Waals surface area contributed by atoms with Crippen molar-refractivity contribution in [1.29, 1.82) is 0 Å². The zero-order valence-electron chi connectivity index (χ0n) is 10.9. The summed E-state index contributed by atoms with van der Waals surface area (Å²) in [7, 11) is -2.47. The second-order valence-corrected chi connectivity index (χ2v) is 5.24. The number of methoxy groups -OCH3 is 1. The summed E-state index contributed by atoms with van der Waals surface area (Å²) in [6, 6.07) is 12.7. The molecule has 0 bridgehead atoms. The Morgan fingerprint density at radius 1 is 1.00 bits per heavy atom. The molecule has 20 heavy (non-hydrogen) atoms. The van der Waals surface area contributed by atoms with Crippen molar-refractivity contribution in [2.24, 2.45) is 0 Å². The van der Waals surface area contributed by atoms with E-state index in [1.807, 2.05) is 12.1 Å². The number of hydrogen-bond donors (Lipinski definition) is 3. The van der Waals surface area contributed by atoms with Crippen LogP contribution in [-0.2, 0) is 10.1 Å². The summed E-state index contributed by atoms with van der Waals surface area (Å²) in [5.74, 6) is 0.837. The van der Waals surface area contributed by atoms with Gasteiger partial charge in [-0.15, -0.1) is 0 Å². The highest BCUT2D eigenvalue weighted by Crippen LogP contribution is 2.12. The van der Waals surface area contributed by atoms with Crippen molar-refractivity contribution in [3.05, 3.63) is 48.5 Å². The maximum absolute atomic E-state index is 10.5. The molecule has 6 nitrogen and oxygen atoms in total. The van der Waals surface area contributed by atoms with Crippen LogP contribution in [0.25, 0.3) is 0 Å². The Bertz CT molecular complexity index is 654. The number of rotatable bonds is 2. The first kappa shape index (κ1) is 15.8. The summed E-state index contributed by atoms with van der Waals surface area (Å²) < 4.78 is 34.4. The number of hydrogen-bond acceptors (Lipinski definition) is 5. The number of nitrogens with two attached hydrogens (primary N) is 2. The molecule has 7 heteroatoms. The van der Waals surface area contributed by atoms with Gasteiger partial charge in [0.1, 0.15) is 5.75 Å². The summed E-state index contributed by atoms with van der Waals surface area (Å²) in [4.78, 5) is -0.183. The first-order valence-electron chi connectivity index (χ1n) is 5.55. The molecule has 0 aliphatic rings. The van der Waals surface area contributed by atoms with Crippen LogP contribution in [0, 0.1) is 0 Å². The minimum absolute atomic E-state index is 0.183. The van der Waals surface area contributed by atoms with Crippen molar-refractivity contribution in [2.75, 3.05) is 18.6 Å². The average molecular weight is 296 g/mol. The van der Waals surface area contributed by atoms with E-state index >= 15 is 0 Å². The highest BCUT2D eigenvalue weighted by Gasteiger charge is 2.07. The molecule has 0 aliphatic heterocycles. The van der Waals surface area contributed by atoms with Crippen LogP contribution in [0.1, 0.15) is 0 Å². The Kier molecular flexibility index (Phi) is 5.36. The van der Waals surface area contributed by atoms with E-state index in [2.05, 4.69) is 0 Å². The maximum atomic E-state index is 10.5. The molecule has 0 radical (unpaired) electrons. The SMILES string of the molecule is COc1ccc(N)cc1.Nc1cccc(S(=O)(=O)O)c1. The quantitative estimate of drug-likeness (QED) is 0.575. The van der Waals surface area contributed by atoms with Gasteiger partial charge < -0.3 is 16.2 Å². The van der Waals surface area contributed by atoms with Crippen molar-refractivity contribution in [3.63, 3.8) is 0 Å². The Hall–Kier alpha value is -2.25. The molecule has 0 heterocycles. The van der Waals surface area contributed by atoms with Crippen molar-refractivity contribution < 1.29 is 17.7 Å². The first-order chi connectivity index (χ1) is 9.32. The molecule has 0 amide bonds. The van der Waals surface area contributed by atoms with E-state index in [4.69, 9.17) is 20.8 Å². The second-order valence-electron chi connectivity index (χ2n) is 3.82. The third kappa shape index (κ3) is 5.17. The molecule has 108 valence electrons. The lowest BCUT2D eigenvalue weighted by atomic mass is 10.3. The summed E-state index contributed by atoms with van der Waals surface area (Å²) in [6.45, 7) is 0. The van der Waals surface area contributed by atoms with Crippen molar-refractivity contribution in [1.82, 2.24) is 0 Å². The largest absolute Gasteiger partial charge is 0.497 e. The average Bonchev–Trinajstić information content (AvgIpc) is 2.39. The molecule has 0 aromatic heterocycles. The fourth-order valence-electron chi connectivity index (χ4n) is 1.28. The Morgan fingerprint density at radius 2 is 1.60 bits per heavy atom. The normalized spacial score (nSPS) is 10.3. The minimum atomic E-state index is -4.11. The van der Waals surface area contributed by atoms with Gasteiger partial charge in [-0.2, -0.15) is 8.42 Å². The van der Waals surface area contributed by atoms with Crippen molar-refractivity contribution >= 4 is 21.5 Å². The third-order valence-electron chi connectivity index (χ3n) is 2.27. The van der Waals surface area contributed by atoms with Crippen LogP contribution in [0.4, 0.5) is 11.4 Å². The van der Waals surface area contributed by atoms with Crippen molar-refractivity contribution in [2.45, 2.75) is 4.90 Å². The number of benzene rings is 2. The molecule has 0 saturated carbocycles. The monoisotopic (exact) mass is 296 g/mol. The van der Waals surface area contributed by atoms with Gasteiger partial charge in [0.05, 0.1) is 12.0 Å². The zero-order valence-corrected chi connectivity index (χ0v) is 11.7. The molecule has 0 saturated heterocycles. The topological polar surface area (TPSA) is 116 Å². The minimum Gasteiger partial charge on any atom is -0.497 e. The molecule has 2 aromatic carbocycles. The van der Waals surface area contributed by atoms with Crippen LogP contribution >= 0.6 is 0 Å². The second kappa shape index (κ2) is 6.78. The Morgan fingerprint density at radius 3 is 2.00 bits per heavy atom. The zero-order chi connectivity index (χ0) is 15.2. The van der Waals surface area contributed by atoms with Gasteiger partial charge in [0.25, 0.3) is 10.1 Å². The van der Waals surface area contributed by atoms with Gasteiger partial charge in [-0.05, 0) is 42.5 Å². The molecule has 0 atom stereocenters. The van der Waals surface area contributed by atoms with E-state index in [1.54, 1.807) is 19.2 Å². The number of ether oxygens (including phenoxy) is 1. The predicted molar refractivity (Wildman–Crippen MR) is 78.1 cm³/mol. The lowest BCUT2D eigenvalue weighted by Gasteiger charge is -1.97. The van der Waals surface area contributed by atoms with Crippen LogP contribution in [0.2, 0.25) is 0 Å². The molecule has 5 N–H and O–H groups in total. The molecule has 2 aromatic rings. The highest BCUT2D eigenvalue weighted by molar-refractivity contribution is 7.85. The smallest absolute Gasteiger partial charge is 0.294 e. The predicted octanol–water partition coefficient (Wildman–Crippen LogP) is 1.79. The number of nitrogen functional groups attached to an aromatic ring is 2. The molecule has 0 fully saturated rings. The first-order valence-corrected chi connectivity index (χ1v) is 6.99. The van der Waals surface area contributed by atoms with Crippen LogP contribution in [-0.4, -0.2) is 20.1 Å². The molecule has 0 spiro atoms. The van der Waals surface area contributed by atoms with E-state index in [0.717, 1.165) is 11.4 Å². The molecular weight excluding hydrogens is 280 g/mol. The van der Waals surface area contributed by atoms with Crippen LogP contribution in [0.5, 0.6) is 5.75 Å². The van der Waals surface area contributed by atoms with Gasteiger partial charge in [-0.25, -0.2) is 0 Å². The summed E-state index contributed by atoms with van der Waals surface area (Å²) in [5, 5.41) is 0. The van der Waals surface area contributed by atoms with E-state index < -0.39 is 10.1 Å². The maximum Gasteiger partial charge on any atom is 0.294 e. The Balaban J connectivity index is 0.000000204. The summed E-state index contributed by atoms with van der Waals surface area (Å²) in [6.07, 6.45) is 0. The molecule has 2 rings (SSSR count). The van der Waals surface area contributed by atoms with E-state index in [1.165, 1.54) is 24.3 Å². The lowest BCUT2D eigenvalue weighted by Crippen LogP contribution is -1.98. The highest BCUT2D eigenvalue weighted by atomic mass is 32.2. The van der Waals surface area contributed by atoms with Gasteiger partial charge in [-0.3, -0.25) is 4.55 Å². The fourth-order valence-corrected chi connectivity index (χ4v) is 1.81.